The number of nitrogens with one attached hydrogen (secondary N) is 1. The summed E-state index contributed by atoms with van der Waals surface area (Å²) in [6.07, 6.45) is 7.99. The molecule has 6 heteroatoms. The van der Waals surface area contributed by atoms with E-state index >= 15 is 0 Å². The third-order valence-electron chi connectivity index (χ3n) is 6.87. The first-order chi connectivity index (χ1) is 17.0. The van der Waals surface area contributed by atoms with Gasteiger partial charge in [-0.05, 0) is 68.7 Å². The van der Waals surface area contributed by atoms with E-state index in [1.54, 1.807) is 0 Å². The van der Waals surface area contributed by atoms with Crippen molar-refractivity contribution in [3.05, 3.63) is 88.8 Å². The van der Waals surface area contributed by atoms with Crippen molar-refractivity contribution < 1.29 is 19.4 Å². The second kappa shape index (κ2) is 10.0. The Hall–Kier alpha value is -3.51. The maximum atomic E-state index is 13.4. The van der Waals surface area contributed by atoms with Crippen molar-refractivity contribution in [3.63, 3.8) is 0 Å². The first kappa shape index (κ1) is 23.2. The summed E-state index contributed by atoms with van der Waals surface area (Å²) >= 11 is 0. The lowest BCUT2D eigenvalue weighted by Gasteiger charge is -2.39. The van der Waals surface area contributed by atoms with Gasteiger partial charge in [0.1, 0.15) is 11.5 Å². The van der Waals surface area contributed by atoms with Crippen LogP contribution in [0.4, 0.5) is 4.79 Å². The maximum absolute atomic E-state index is 13.4. The van der Waals surface area contributed by atoms with Crippen LogP contribution in [0.3, 0.4) is 0 Å². The van der Waals surface area contributed by atoms with E-state index in [4.69, 9.17) is 14.6 Å². The Bertz CT molecular complexity index is 1270. The summed E-state index contributed by atoms with van der Waals surface area (Å²) in [5, 5.41) is 10.2. The van der Waals surface area contributed by atoms with Gasteiger partial charge in [-0.2, -0.15) is 0 Å². The number of hydrogen-bond acceptors (Lipinski definition) is 4. The third-order valence-corrected chi connectivity index (χ3v) is 6.87. The van der Waals surface area contributed by atoms with Crippen LogP contribution < -0.4 is 4.74 Å². The molecule has 3 aromatic rings. The molecule has 0 bridgehead atoms. The number of nitrogens with zero attached hydrogens (tertiary/aromatic N) is 1. The molecule has 0 fully saturated rings. The van der Waals surface area contributed by atoms with Crippen LogP contribution in [-0.2, 0) is 11.2 Å². The number of carbonyl (C=O) groups excluding carboxylic acids is 1. The van der Waals surface area contributed by atoms with Gasteiger partial charge in [0.05, 0.1) is 12.6 Å². The SMILES string of the molecule is Cc1ccc(OC(=O)N2CCc3c([nH]c4ccc(C)cc34)C2C2C=CC(OCCCO)=CC2)cc1. The van der Waals surface area contributed by atoms with Crippen molar-refractivity contribution in [2.75, 3.05) is 19.8 Å². The van der Waals surface area contributed by atoms with Crippen LogP contribution >= 0.6 is 0 Å². The molecule has 182 valence electrons. The second-order valence-corrected chi connectivity index (χ2v) is 9.43. The molecule has 1 aliphatic heterocycles. The normalized spacial score (nSPS) is 19.4. The molecule has 1 amide bonds. The van der Waals surface area contributed by atoms with Gasteiger partial charge in [-0.25, -0.2) is 4.79 Å². The molecule has 2 aromatic carbocycles. The van der Waals surface area contributed by atoms with Crippen LogP contribution in [0.5, 0.6) is 5.75 Å². The van der Waals surface area contributed by atoms with Crippen molar-refractivity contribution >= 4 is 17.0 Å². The van der Waals surface area contributed by atoms with Crippen LogP contribution in [-0.4, -0.2) is 40.8 Å². The van der Waals surface area contributed by atoms with Gasteiger partial charge in [0.2, 0.25) is 0 Å². The largest absolute Gasteiger partial charge is 0.494 e. The van der Waals surface area contributed by atoms with Gasteiger partial charge in [-0.3, -0.25) is 4.90 Å². The number of aromatic nitrogens is 1. The van der Waals surface area contributed by atoms with E-state index in [-0.39, 0.29) is 24.7 Å². The number of aryl methyl sites for hydroxylation is 2. The fraction of sp³-hybridized carbons (Fsp3) is 0.345. The summed E-state index contributed by atoms with van der Waals surface area (Å²) in [6, 6.07) is 13.9. The fourth-order valence-corrected chi connectivity index (χ4v) is 5.06. The predicted octanol–water partition coefficient (Wildman–Crippen LogP) is 5.74. The molecule has 2 N–H and O–H groups in total. The average Bonchev–Trinajstić information content (AvgIpc) is 3.23. The molecule has 5 rings (SSSR count). The van der Waals surface area contributed by atoms with E-state index < -0.39 is 0 Å². The number of benzene rings is 2. The van der Waals surface area contributed by atoms with Gasteiger partial charge in [0.25, 0.3) is 0 Å². The molecule has 2 aliphatic rings. The molecule has 35 heavy (non-hydrogen) atoms. The topological polar surface area (TPSA) is 74.8 Å². The Balaban J connectivity index is 1.45. The minimum absolute atomic E-state index is 0.0824. The van der Waals surface area contributed by atoms with Crippen molar-refractivity contribution in [3.8, 4) is 5.75 Å². The number of aliphatic hydroxyl groups excluding tert-OH is 1. The van der Waals surface area contributed by atoms with Crippen molar-refractivity contribution in [1.29, 1.82) is 0 Å². The fourth-order valence-electron chi connectivity index (χ4n) is 5.06. The first-order valence-corrected chi connectivity index (χ1v) is 12.3. The van der Waals surface area contributed by atoms with Crippen molar-refractivity contribution in [1.82, 2.24) is 9.88 Å². The smallest absolute Gasteiger partial charge is 0.415 e. The number of carbonyl (C=O) groups is 1. The standard InChI is InChI=1S/C29H32N2O4/c1-19-4-9-23(10-5-19)35-29(33)31-15-14-24-25-18-20(2)6-13-26(25)30-27(24)28(31)21-7-11-22(12-8-21)34-17-3-16-32/h4-7,9-13,18,21,28,30,32H,3,8,14-17H2,1-2H3. The molecule has 1 aliphatic carbocycles. The highest BCUT2D eigenvalue weighted by Crippen LogP contribution is 2.42. The van der Waals surface area contributed by atoms with E-state index in [1.807, 2.05) is 42.2 Å². The predicted molar refractivity (Wildman–Crippen MR) is 136 cm³/mol. The van der Waals surface area contributed by atoms with Gasteiger partial charge in [-0.1, -0.05) is 35.4 Å². The van der Waals surface area contributed by atoms with Crippen LogP contribution in [0.2, 0.25) is 0 Å². The monoisotopic (exact) mass is 472 g/mol. The zero-order chi connectivity index (χ0) is 24.4. The van der Waals surface area contributed by atoms with Crippen LogP contribution in [0.15, 0.2) is 66.5 Å². The van der Waals surface area contributed by atoms with Gasteiger partial charge in [-0.15, -0.1) is 0 Å². The highest BCUT2D eigenvalue weighted by Gasteiger charge is 2.39. The van der Waals surface area contributed by atoms with Gasteiger partial charge < -0.3 is 19.6 Å². The highest BCUT2D eigenvalue weighted by atomic mass is 16.6. The lowest BCUT2D eigenvalue weighted by molar-refractivity contribution is 0.110. The molecule has 6 nitrogen and oxygen atoms in total. The Morgan fingerprint density at radius 1 is 1.14 bits per heavy atom. The number of amides is 1. The zero-order valence-corrected chi connectivity index (χ0v) is 20.3. The van der Waals surface area contributed by atoms with E-state index in [0.717, 1.165) is 35.4 Å². The molecular formula is C29H32N2O4. The zero-order valence-electron chi connectivity index (χ0n) is 20.3. The number of hydrogen-bond donors (Lipinski definition) is 2. The maximum Gasteiger partial charge on any atom is 0.415 e. The molecular weight excluding hydrogens is 440 g/mol. The number of rotatable bonds is 6. The summed E-state index contributed by atoms with van der Waals surface area (Å²) in [5.41, 5.74) is 5.82. The molecule has 2 atom stereocenters. The number of aliphatic hydroxyl groups is 1. The van der Waals surface area contributed by atoms with Crippen molar-refractivity contribution in [2.45, 2.75) is 39.2 Å². The summed E-state index contributed by atoms with van der Waals surface area (Å²) < 4.78 is 11.6. The summed E-state index contributed by atoms with van der Waals surface area (Å²) in [7, 11) is 0. The summed E-state index contributed by atoms with van der Waals surface area (Å²) in [6.45, 7) is 5.31. The minimum atomic E-state index is -0.332. The van der Waals surface area contributed by atoms with Crippen LogP contribution in [0, 0.1) is 19.8 Å². The number of allylic oxidation sites excluding steroid dienone is 2. The Morgan fingerprint density at radius 3 is 2.69 bits per heavy atom. The molecule has 0 saturated carbocycles. The van der Waals surface area contributed by atoms with Crippen LogP contribution in [0.25, 0.3) is 10.9 Å². The molecule has 1 aromatic heterocycles. The van der Waals surface area contributed by atoms with Crippen LogP contribution in [0.1, 0.15) is 41.3 Å². The summed E-state index contributed by atoms with van der Waals surface area (Å²) in [4.78, 5) is 18.9. The first-order valence-electron chi connectivity index (χ1n) is 12.3. The third kappa shape index (κ3) is 4.84. The quantitative estimate of drug-likeness (QED) is 0.449. The Kier molecular flexibility index (Phi) is 6.64. The number of aromatic amines is 1. The summed E-state index contributed by atoms with van der Waals surface area (Å²) in [5.74, 6) is 1.45. The van der Waals surface area contributed by atoms with E-state index in [2.05, 4.69) is 42.3 Å². The average molecular weight is 473 g/mol. The van der Waals surface area contributed by atoms with E-state index in [0.29, 0.717) is 25.3 Å². The number of ether oxygens (including phenoxy) is 2. The number of H-pyrrole nitrogens is 1. The lowest BCUT2D eigenvalue weighted by Crippen LogP contribution is -2.44. The van der Waals surface area contributed by atoms with Gasteiger partial charge >= 0.3 is 6.09 Å². The van der Waals surface area contributed by atoms with Crippen molar-refractivity contribution in [2.24, 2.45) is 5.92 Å². The molecule has 2 heterocycles. The van der Waals surface area contributed by atoms with Gasteiger partial charge in [0.15, 0.2) is 0 Å². The lowest BCUT2D eigenvalue weighted by atomic mass is 9.84. The van der Waals surface area contributed by atoms with E-state index in [1.165, 1.54) is 16.5 Å². The Morgan fingerprint density at radius 2 is 1.94 bits per heavy atom. The molecule has 0 spiro atoms. The number of fused-ring (bicyclic) bond motifs is 3. The molecule has 0 radical (unpaired) electrons. The molecule has 0 saturated heterocycles. The molecule has 2 unspecified atom stereocenters. The van der Waals surface area contributed by atoms with Gasteiger partial charge in [0, 0.05) is 42.1 Å². The highest BCUT2D eigenvalue weighted by molar-refractivity contribution is 5.86. The minimum Gasteiger partial charge on any atom is -0.494 e. The second-order valence-electron chi connectivity index (χ2n) is 9.43. The Labute approximate surface area is 205 Å². The van der Waals surface area contributed by atoms with E-state index in [9.17, 15) is 4.79 Å².